The molecule has 62 valence electrons. The minimum absolute atomic E-state index is 0.125. The molecule has 2 unspecified atom stereocenters. The first-order valence-electron chi connectivity index (χ1n) is 3.99. The van der Waals surface area contributed by atoms with Crippen LogP contribution < -0.4 is 0 Å². The summed E-state index contributed by atoms with van der Waals surface area (Å²) in [4.78, 5) is 11.2. The molecule has 0 bridgehead atoms. The van der Waals surface area contributed by atoms with Crippen molar-refractivity contribution >= 4 is 5.97 Å². The molecule has 2 fully saturated rings. The van der Waals surface area contributed by atoms with Crippen molar-refractivity contribution in [3.8, 4) is 0 Å². The van der Waals surface area contributed by atoms with E-state index in [1.54, 1.807) is 0 Å². The van der Waals surface area contributed by atoms with Crippen LogP contribution in [0.5, 0.6) is 0 Å². The van der Waals surface area contributed by atoms with Crippen molar-refractivity contribution in [2.45, 2.75) is 37.4 Å². The third kappa shape index (κ3) is 0.562. The van der Waals surface area contributed by atoms with Gasteiger partial charge in [-0.1, -0.05) is 6.92 Å². The van der Waals surface area contributed by atoms with Crippen molar-refractivity contribution in [2.24, 2.45) is 0 Å². The van der Waals surface area contributed by atoms with Crippen LogP contribution >= 0.6 is 0 Å². The third-order valence-electron chi connectivity index (χ3n) is 3.03. The van der Waals surface area contributed by atoms with Gasteiger partial charge in [0.15, 0.2) is 5.60 Å². The summed E-state index contributed by atoms with van der Waals surface area (Å²) in [7, 11) is 1.41. The normalized spacial score (nSPS) is 45.6. The van der Waals surface area contributed by atoms with Crippen LogP contribution in [0.15, 0.2) is 0 Å². The first-order valence-corrected chi connectivity index (χ1v) is 3.99. The first kappa shape index (κ1) is 7.10. The lowest BCUT2D eigenvalue weighted by atomic mass is 9.72. The standard InChI is InChI=1S/C8H12O3/c1-3-7-4-5-8(7,11-7)6(9)10-2/h3-5H2,1-2H3. The summed E-state index contributed by atoms with van der Waals surface area (Å²) in [5.74, 6) is -0.189. The molecule has 0 amide bonds. The number of ether oxygens (including phenoxy) is 2. The van der Waals surface area contributed by atoms with E-state index < -0.39 is 5.60 Å². The Morgan fingerprint density at radius 3 is 2.64 bits per heavy atom. The summed E-state index contributed by atoms with van der Waals surface area (Å²) in [6.07, 6.45) is 2.77. The number of methoxy groups -OCH3 is 1. The van der Waals surface area contributed by atoms with Crippen LogP contribution in [0.2, 0.25) is 0 Å². The van der Waals surface area contributed by atoms with E-state index >= 15 is 0 Å². The van der Waals surface area contributed by atoms with E-state index in [1.807, 2.05) is 6.92 Å². The van der Waals surface area contributed by atoms with Gasteiger partial charge in [0.25, 0.3) is 0 Å². The lowest BCUT2D eigenvalue weighted by Crippen LogP contribution is -2.43. The van der Waals surface area contributed by atoms with E-state index in [1.165, 1.54) is 7.11 Å². The Balaban J connectivity index is 2.12. The highest BCUT2D eigenvalue weighted by Gasteiger charge is 2.80. The molecule has 0 spiro atoms. The first-order chi connectivity index (χ1) is 5.21. The van der Waals surface area contributed by atoms with Gasteiger partial charge in [-0.15, -0.1) is 0 Å². The van der Waals surface area contributed by atoms with E-state index in [0.717, 1.165) is 19.3 Å². The van der Waals surface area contributed by atoms with Crippen LogP contribution in [-0.2, 0) is 14.3 Å². The van der Waals surface area contributed by atoms with Crippen LogP contribution in [-0.4, -0.2) is 24.3 Å². The number of carbonyl (C=O) groups is 1. The lowest BCUT2D eigenvalue weighted by molar-refractivity contribution is -0.148. The van der Waals surface area contributed by atoms with Crippen molar-refractivity contribution < 1.29 is 14.3 Å². The molecule has 3 nitrogen and oxygen atoms in total. The Hall–Kier alpha value is -0.570. The fourth-order valence-electron chi connectivity index (χ4n) is 2.07. The lowest BCUT2D eigenvalue weighted by Gasteiger charge is -2.25. The molecular formula is C8H12O3. The van der Waals surface area contributed by atoms with Gasteiger partial charge in [0.05, 0.1) is 7.11 Å². The zero-order valence-corrected chi connectivity index (χ0v) is 6.85. The van der Waals surface area contributed by atoms with Gasteiger partial charge in [-0.05, 0) is 19.3 Å². The fourth-order valence-corrected chi connectivity index (χ4v) is 2.07. The molecule has 0 aromatic carbocycles. The molecule has 1 saturated heterocycles. The van der Waals surface area contributed by atoms with Crippen LogP contribution in [0.25, 0.3) is 0 Å². The van der Waals surface area contributed by atoms with Crippen molar-refractivity contribution in [3.63, 3.8) is 0 Å². The number of hydrogen-bond donors (Lipinski definition) is 0. The molecule has 2 atom stereocenters. The van der Waals surface area contributed by atoms with Gasteiger partial charge >= 0.3 is 5.97 Å². The average Bonchev–Trinajstić information content (AvgIpc) is 2.50. The molecule has 1 saturated carbocycles. The van der Waals surface area contributed by atoms with E-state index in [4.69, 9.17) is 4.74 Å². The van der Waals surface area contributed by atoms with Gasteiger partial charge in [0.1, 0.15) is 5.60 Å². The molecule has 0 aromatic rings. The summed E-state index contributed by atoms with van der Waals surface area (Å²) in [6, 6.07) is 0. The van der Waals surface area contributed by atoms with Crippen molar-refractivity contribution in [2.75, 3.05) is 7.11 Å². The predicted molar refractivity (Wildman–Crippen MR) is 38.1 cm³/mol. The largest absolute Gasteiger partial charge is 0.467 e. The third-order valence-corrected chi connectivity index (χ3v) is 3.03. The minimum Gasteiger partial charge on any atom is -0.467 e. The molecule has 0 N–H and O–H groups in total. The molecule has 1 heterocycles. The summed E-state index contributed by atoms with van der Waals surface area (Å²) in [5, 5.41) is 0. The fraction of sp³-hybridized carbons (Fsp3) is 0.875. The molecule has 1 aliphatic carbocycles. The highest BCUT2D eigenvalue weighted by molar-refractivity contribution is 5.86. The second kappa shape index (κ2) is 1.78. The van der Waals surface area contributed by atoms with Gasteiger partial charge in [-0.3, -0.25) is 0 Å². The number of epoxide rings is 1. The molecule has 0 aromatic heterocycles. The summed E-state index contributed by atoms with van der Waals surface area (Å²) >= 11 is 0. The zero-order valence-electron chi connectivity index (χ0n) is 6.85. The molecular weight excluding hydrogens is 144 g/mol. The van der Waals surface area contributed by atoms with Gasteiger partial charge in [-0.2, -0.15) is 0 Å². The van der Waals surface area contributed by atoms with E-state index in [9.17, 15) is 4.79 Å². The molecule has 2 aliphatic rings. The van der Waals surface area contributed by atoms with Gasteiger partial charge in [-0.25, -0.2) is 4.79 Å². The Morgan fingerprint density at radius 1 is 1.64 bits per heavy atom. The van der Waals surface area contributed by atoms with Crippen LogP contribution in [0, 0.1) is 0 Å². The number of hydrogen-bond acceptors (Lipinski definition) is 3. The Bertz CT molecular complexity index is 209. The maximum absolute atomic E-state index is 11.2. The van der Waals surface area contributed by atoms with Gasteiger partial charge < -0.3 is 9.47 Å². The number of rotatable bonds is 2. The Morgan fingerprint density at radius 2 is 2.36 bits per heavy atom. The van der Waals surface area contributed by atoms with Gasteiger partial charge in [0.2, 0.25) is 0 Å². The second-order valence-corrected chi connectivity index (χ2v) is 3.27. The minimum atomic E-state index is -0.517. The summed E-state index contributed by atoms with van der Waals surface area (Å²) in [6.45, 7) is 2.05. The zero-order chi connectivity index (χ0) is 8.11. The molecule has 0 radical (unpaired) electrons. The van der Waals surface area contributed by atoms with Gasteiger partial charge in [0, 0.05) is 0 Å². The van der Waals surface area contributed by atoms with Crippen molar-refractivity contribution in [3.05, 3.63) is 0 Å². The molecule has 1 aliphatic heterocycles. The van der Waals surface area contributed by atoms with Crippen LogP contribution in [0.3, 0.4) is 0 Å². The Labute approximate surface area is 65.7 Å². The van der Waals surface area contributed by atoms with Crippen molar-refractivity contribution in [1.29, 1.82) is 0 Å². The number of fused-ring (bicyclic) bond motifs is 1. The topological polar surface area (TPSA) is 38.8 Å². The quantitative estimate of drug-likeness (QED) is 0.440. The van der Waals surface area contributed by atoms with E-state index in [2.05, 4.69) is 4.74 Å². The molecule has 3 heteroatoms. The maximum Gasteiger partial charge on any atom is 0.341 e. The highest BCUT2D eigenvalue weighted by Crippen LogP contribution is 2.65. The summed E-state index contributed by atoms with van der Waals surface area (Å²) < 4.78 is 10.1. The second-order valence-electron chi connectivity index (χ2n) is 3.27. The van der Waals surface area contributed by atoms with Crippen LogP contribution in [0.4, 0.5) is 0 Å². The van der Waals surface area contributed by atoms with Crippen molar-refractivity contribution in [1.82, 2.24) is 0 Å². The number of esters is 1. The summed E-state index contributed by atoms with van der Waals surface area (Å²) in [5.41, 5.74) is -0.642. The molecule has 11 heavy (non-hydrogen) atoms. The maximum atomic E-state index is 11.2. The van der Waals surface area contributed by atoms with Crippen LogP contribution in [0.1, 0.15) is 26.2 Å². The highest BCUT2D eigenvalue weighted by atomic mass is 16.7. The smallest absolute Gasteiger partial charge is 0.341 e. The monoisotopic (exact) mass is 156 g/mol. The Kier molecular flexibility index (Phi) is 1.15. The SMILES string of the molecule is CCC12CCC1(C(=O)OC)O2. The average molecular weight is 156 g/mol. The van der Waals surface area contributed by atoms with E-state index in [-0.39, 0.29) is 11.6 Å². The van der Waals surface area contributed by atoms with E-state index in [0.29, 0.717) is 0 Å². The molecule has 2 rings (SSSR count). The number of carbonyl (C=O) groups excluding carboxylic acids is 1. The predicted octanol–water partition coefficient (Wildman–Crippen LogP) is 0.871.